The van der Waals surface area contributed by atoms with Crippen molar-refractivity contribution < 1.29 is 23.1 Å². The molecule has 118 valence electrons. The Morgan fingerprint density at radius 1 is 1.48 bits per heavy atom. The third-order valence-electron chi connectivity index (χ3n) is 3.51. The third kappa shape index (κ3) is 3.28. The minimum absolute atomic E-state index is 0.0603. The van der Waals surface area contributed by atoms with Crippen molar-refractivity contribution in [1.29, 1.82) is 0 Å². The highest BCUT2D eigenvalue weighted by Crippen LogP contribution is 2.31. The fraction of sp³-hybridized carbons (Fsp3) is 0.615. The Morgan fingerprint density at radius 3 is 2.62 bits per heavy atom. The molecule has 0 saturated carbocycles. The molecule has 8 heteroatoms. The molecule has 0 bridgehead atoms. The molecular formula is C13H19NO5S2. The Balaban J connectivity index is 2.24. The number of thiophene rings is 1. The summed E-state index contributed by atoms with van der Waals surface area (Å²) in [6.45, 7) is 4.88. The van der Waals surface area contributed by atoms with E-state index in [1.165, 1.54) is 4.31 Å². The van der Waals surface area contributed by atoms with Gasteiger partial charge < -0.3 is 9.84 Å². The number of hydrogen-bond donors (Lipinski definition) is 1. The maximum absolute atomic E-state index is 12.7. The van der Waals surface area contributed by atoms with Crippen LogP contribution in [0.2, 0.25) is 0 Å². The van der Waals surface area contributed by atoms with Crippen LogP contribution in [0.3, 0.4) is 0 Å². The molecule has 0 spiro atoms. The van der Waals surface area contributed by atoms with Gasteiger partial charge in [0.25, 0.3) is 0 Å². The average molecular weight is 333 g/mol. The van der Waals surface area contributed by atoms with E-state index >= 15 is 0 Å². The lowest BCUT2D eigenvalue weighted by Crippen LogP contribution is -2.41. The van der Waals surface area contributed by atoms with Crippen molar-refractivity contribution in [3.63, 3.8) is 0 Å². The van der Waals surface area contributed by atoms with Gasteiger partial charge in [-0.3, -0.25) is 0 Å². The van der Waals surface area contributed by atoms with E-state index in [1.807, 2.05) is 6.92 Å². The molecule has 0 unspecified atom stereocenters. The lowest BCUT2D eigenvalue weighted by molar-refractivity contribution is 0.0289. The van der Waals surface area contributed by atoms with E-state index in [0.717, 1.165) is 11.3 Å². The van der Waals surface area contributed by atoms with E-state index in [0.29, 0.717) is 38.1 Å². The number of nitrogens with zero attached hydrogens (tertiary/aromatic N) is 1. The molecule has 1 aromatic rings. The van der Waals surface area contributed by atoms with Gasteiger partial charge in [0.2, 0.25) is 10.0 Å². The molecule has 0 atom stereocenters. The Labute approximate surface area is 128 Å². The molecule has 0 amide bonds. The molecule has 0 radical (unpaired) electrons. The van der Waals surface area contributed by atoms with E-state index in [-0.39, 0.29) is 15.9 Å². The monoisotopic (exact) mass is 333 g/mol. The summed E-state index contributed by atoms with van der Waals surface area (Å²) in [5.41, 5.74) is 0.490. The van der Waals surface area contributed by atoms with Crippen LogP contribution in [-0.2, 0) is 14.8 Å². The first-order valence-electron chi connectivity index (χ1n) is 6.81. The van der Waals surface area contributed by atoms with Gasteiger partial charge in [-0.15, -0.1) is 11.3 Å². The maximum atomic E-state index is 12.7. The van der Waals surface area contributed by atoms with Crippen LogP contribution in [0.1, 0.15) is 35.0 Å². The van der Waals surface area contributed by atoms with E-state index in [4.69, 9.17) is 9.84 Å². The summed E-state index contributed by atoms with van der Waals surface area (Å²) in [6, 6.07) is 0. The summed E-state index contributed by atoms with van der Waals surface area (Å²) in [7, 11) is -3.76. The molecule has 1 aliphatic heterocycles. The molecule has 1 aliphatic rings. The van der Waals surface area contributed by atoms with Crippen LogP contribution in [0.4, 0.5) is 0 Å². The summed E-state index contributed by atoms with van der Waals surface area (Å²) in [5, 5.41) is 10.7. The number of hydrogen-bond acceptors (Lipinski definition) is 5. The molecular weight excluding hydrogens is 314 g/mol. The molecule has 2 heterocycles. The second kappa shape index (κ2) is 6.43. The van der Waals surface area contributed by atoms with Crippen molar-refractivity contribution in [3.8, 4) is 0 Å². The summed E-state index contributed by atoms with van der Waals surface area (Å²) in [4.78, 5) is 11.0. The molecule has 6 nitrogen and oxygen atoms in total. The lowest BCUT2D eigenvalue weighted by Gasteiger charge is -2.31. The van der Waals surface area contributed by atoms with Gasteiger partial charge in [-0.05, 0) is 37.6 Å². The van der Waals surface area contributed by atoms with Crippen molar-refractivity contribution >= 4 is 27.3 Å². The van der Waals surface area contributed by atoms with Gasteiger partial charge in [0.05, 0.1) is 6.10 Å². The molecule has 2 rings (SSSR count). The highest BCUT2D eigenvalue weighted by Gasteiger charge is 2.34. The molecule has 0 aromatic carbocycles. The lowest BCUT2D eigenvalue weighted by atomic mass is 10.1. The first-order chi connectivity index (χ1) is 9.87. The molecule has 1 saturated heterocycles. The third-order valence-corrected chi connectivity index (χ3v) is 6.82. The highest BCUT2D eigenvalue weighted by molar-refractivity contribution is 7.89. The number of carboxylic acid groups (broad SMARTS) is 1. The largest absolute Gasteiger partial charge is 0.477 e. The van der Waals surface area contributed by atoms with Gasteiger partial charge in [-0.2, -0.15) is 4.31 Å². The van der Waals surface area contributed by atoms with Gasteiger partial charge in [-0.25, -0.2) is 13.2 Å². The minimum atomic E-state index is -3.76. The minimum Gasteiger partial charge on any atom is -0.477 e. The van der Waals surface area contributed by atoms with Crippen LogP contribution in [-0.4, -0.2) is 49.6 Å². The first kappa shape index (κ1) is 16.4. The van der Waals surface area contributed by atoms with Crippen LogP contribution < -0.4 is 0 Å². The second-order valence-electron chi connectivity index (χ2n) is 4.94. The fourth-order valence-corrected chi connectivity index (χ4v) is 5.56. The van der Waals surface area contributed by atoms with E-state index < -0.39 is 16.0 Å². The Kier molecular flexibility index (Phi) is 5.03. The number of piperidine rings is 1. The van der Waals surface area contributed by atoms with Gasteiger partial charge in [-0.1, -0.05) is 0 Å². The number of carboxylic acids is 1. The average Bonchev–Trinajstić information content (AvgIpc) is 2.82. The zero-order valence-corrected chi connectivity index (χ0v) is 13.7. The molecule has 1 N–H and O–H groups in total. The van der Waals surface area contributed by atoms with Crippen LogP contribution in [0.25, 0.3) is 0 Å². The van der Waals surface area contributed by atoms with Crippen molar-refractivity contribution in [3.05, 3.63) is 15.8 Å². The predicted octanol–water partition coefficient (Wildman–Crippen LogP) is 1.94. The standard InChI is InChI=1S/C13H19NO5S2/c1-3-19-10-4-6-14(7-5-10)21(17,18)12-9(2)8-20-11(12)13(15)16/h8,10H,3-7H2,1-2H3,(H,15,16). The van der Waals surface area contributed by atoms with Gasteiger partial charge in [0.1, 0.15) is 9.77 Å². The Hall–Kier alpha value is -0.960. The van der Waals surface area contributed by atoms with Crippen molar-refractivity contribution in [2.45, 2.75) is 37.7 Å². The van der Waals surface area contributed by atoms with Crippen LogP contribution in [0, 0.1) is 6.92 Å². The molecule has 1 fully saturated rings. The van der Waals surface area contributed by atoms with Crippen LogP contribution >= 0.6 is 11.3 Å². The zero-order valence-electron chi connectivity index (χ0n) is 12.0. The van der Waals surface area contributed by atoms with Crippen molar-refractivity contribution in [1.82, 2.24) is 4.31 Å². The normalized spacial score (nSPS) is 18.0. The summed E-state index contributed by atoms with van der Waals surface area (Å²) in [6.07, 6.45) is 1.36. The van der Waals surface area contributed by atoms with E-state index in [9.17, 15) is 13.2 Å². The Morgan fingerprint density at radius 2 is 2.10 bits per heavy atom. The van der Waals surface area contributed by atoms with Crippen LogP contribution in [0.5, 0.6) is 0 Å². The highest BCUT2D eigenvalue weighted by atomic mass is 32.2. The first-order valence-corrected chi connectivity index (χ1v) is 9.13. The summed E-state index contributed by atoms with van der Waals surface area (Å²) in [5.74, 6) is -1.20. The number of ether oxygens (including phenoxy) is 1. The van der Waals surface area contributed by atoms with Gasteiger partial charge in [0, 0.05) is 19.7 Å². The smallest absolute Gasteiger partial charge is 0.347 e. The fourth-order valence-electron chi connectivity index (χ4n) is 2.51. The van der Waals surface area contributed by atoms with Crippen molar-refractivity contribution in [2.75, 3.05) is 19.7 Å². The Bertz CT molecular complexity index is 615. The molecule has 0 aliphatic carbocycles. The molecule has 21 heavy (non-hydrogen) atoms. The second-order valence-corrected chi connectivity index (χ2v) is 7.70. The number of aromatic carboxylic acids is 1. The SMILES string of the molecule is CCOC1CCN(S(=O)(=O)c2c(C)csc2C(=O)O)CC1. The summed E-state index contributed by atoms with van der Waals surface area (Å²) >= 11 is 0.954. The predicted molar refractivity (Wildman–Crippen MR) is 79.4 cm³/mol. The topological polar surface area (TPSA) is 83.9 Å². The van der Waals surface area contributed by atoms with Gasteiger partial charge in [0.15, 0.2) is 0 Å². The summed E-state index contributed by atoms with van der Waals surface area (Å²) < 4.78 is 32.2. The van der Waals surface area contributed by atoms with E-state index in [2.05, 4.69) is 0 Å². The zero-order chi connectivity index (χ0) is 15.6. The van der Waals surface area contributed by atoms with E-state index in [1.54, 1.807) is 12.3 Å². The quantitative estimate of drug-likeness (QED) is 0.890. The maximum Gasteiger partial charge on any atom is 0.347 e. The molecule has 1 aromatic heterocycles. The van der Waals surface area contributed by atoms with Gasteiger partial charge >= 0.3 is 5.97 Å². The number of aryl methyl sites for hydroxylation is 1. The van der Waals surface area contributed by atoms with Crippen molar-refractivity contribution in [2.24, 2.45) is 0 Å². The number of rotatable bonds is 5. The number of sulfonamides is 1. The van der Waals surface area contributed by atoms with Crippen LogP contribution in [0.15, 0.2) is 10.3 Å². The number of carbonyl (C=O) groups is 1.